The second-order valence-corrected chi connectivity index (χ2v) is 3.96. The van der Waals surface area contributed by atoms with Gasteiger partial charge < -0.3 is 4.42 Å². The minimum atomic E-state index is 0.899. The maximum atomic E-state index is 5.76. The standard InChI is InChI=1S/C16H16O/c1-5-8-14-11(4)17-16-10-13(7-3)12(6-2)9-15(14)16/h5-10H,2-3H2,1,4H3/b8-5-. The Bertz CT molecular complexity index is 612. The van der Waals surface area contributed by atoms with Gasteiger partial charge in [0.15, 0.2) is 0 Å². The summed E-state index contributed by atoms with van der Waals surface area (Å²) in [5.41, 5.74) is 4.17. The van der Waals surface area contributed by atoms with Gasteiger partial charge in [0.1, 0.15) is 11.3 Å². The van der Waals surface area contributed by atoms with Crippen molar-refractivity contribution in [3.63, 3.8) is 0 Å². The molecule has 0 fully saturated rings. The van der Waals surface area contributed by atoms with E-state index in [4.69, 9.17) is 4.42 Å². The summed E-state index contributed by atoms with van der Waals surface area (Å²) in [6.07, 6.45) is 7.76. The average molecular weight is 224 g/mol. The van der Waals surface area contributed by atoms with Crippen molar-refractivity contribution in [3.05, 3.63) is 53.8 Å². The van der Waals surface area contributed by atoms with Gasteiger partial charge in [-0.15, -0.1) is 0 Å². The van der Waals surface area contributed by atoms with Crippen molar-refractivity contribution in [3.8, 4) is 0 Å². The molecule has 1 nitrogen and oxygen atoms in total. The molecule has 0 aliphatic rings. The molecule has 0 saturated heterocycles. The molecule has 1 heteroatoms. The van der Waals surface area contributed by atoms with E-state index >= 15 is 0 Å². The highest BCUT2D eigenvalue weighted by Gasteiger charge is 2.10. The fourth-order valence-corrected chi connectivity index (χ4v) is 2.04. The summed E-state index contributed by atoms with van der Waals surface area (Å²) in [6, 6.07) is 4.12. The predicted octanol–water partition coefficient (Wildman–Crippen LogP) is 5.06. The van der Waals surface area contributed by atoms with Crippen LogP contribution in [-0.2, 0) is 0 Å². The summed E-state index contributed by atoms with van der Waals surface area (Å²) in [6.45, 7) is 11.6. The lowest BCUT2D eigenvalue weighted by molar-refractivity contribution is 0.577. The van der Waals surface area contributed by atoms with Crippen LogP contribution in [0.1, 0.15) is 29.4 Å². The topological polar surface area (TPSA) is 13.1 Å². The first-order chi connectivity index (χ1) is 8.21. The van der Waals surface area contributed by atoms with Crippen LogP contribution in [0, 0.1) is 6.92 Å². The van der Waals surface area contributed by atoms with E-state index in [0.717, 1.165) is 33.4 Å². The van der Waals surface area contributed by atoms with Gasteiger partial charge in [-0.25, -0.2) is 0 Å². The van der Waals surface area contributed by atoms with Crippen LogP contribution in [0.15, 0.2) is 35.8 Å². The fraction of sp³-hybridized carbons (Fsp3) is 0.125. The largest absolute Gasteiger partial charge is 0.461 e. The predicted molar refractivity (Wildman–Crippen MR) is 75.8 cm³/mol. The molecule has 1 aromatic carbocycles. The van der Waals surface area contributed by atoms with Gasteiger partial charge in [0, 0.05) is 10.9 Å². The van der Waals surface area contributed by atoms with E-state index < -0.39 is 0 Å². The Labute approximate surface area is 102 Å². The number of aryl methyl sites for hydroxylation is 1. The normalized spacial score (nSPS) is 11.2. The van der Waals surface area contributed by atoms with Crippen molar-refractivity contribution in [1.29, 1.82) is 0 Å². The van der Waals surface area contributed by atoms with Crippen LogP contribution in [0.2, 0.25) is 0 Å². The molecular weight excluding hydrogens is 208 g/mol. The van der Waals surface area contributed by atoms with E-state index in [0.29, 0.717) is 0 Å². The summed E-state index contributed by atoms with van der Waals surface area (Å²) in [5, 5.41) is 1.13. The zero-order valence-corrected chi connectivity index (χ0v) is 10.3. The smallest absolute Gasteiger partial charge is 0.135 e. The molecule has 0 bridgehead atoms. The molecule has 17 heavy (non-hydrogen) atoms. The number of rotatable bonds is 3. The van der Waals surface area contributed by atoms with Gasteiger partial charge >= 0.3 is 0 Å². The molecule has 0 saturated carbocycles. The second kappa shape index (κ2) is 4.46. The van der Waals surface area contributed by atoms with Gasteiger partial charge in [-0.3, -0.25) is 0 Å². The average Bonchev–Trinajstić information content (AvgIpc) is 2.64. The minimum absolute atomic E-state index is 0.899. The van der Waals surface area contributed by atoms with Gasteiger partial charge in [0.05, 0.1) is 0 Å². The molecule has 0 amide bonds. The molecule has 0 spiro atoms. The minimum Gasteiger partial charge on any atom is -0.461 e. The number of benzene rings is 1. The van der Waals surface area contributed by atoms with E-state index in [1.165, 1.54) is 0 Å². The number of hydrogen-bond donors (Lipinski definition) is 0. The zero-order valence-electron chi connectivity index (χ0n) is 10.3. The van der Waals surface area contributed by atoms with E-state index in [9.17, 15) is 0 Å². The first-order valence-corrected chi connectivity index (χ1v) is 5.66. The van der Waals surface area contributed by atoms with Crippen LogP contribution >= 0.6 is 0 Å². The van der Waals surface area contributed by atoms with Crippen molar-refractivity contribution in [1.82, 2.24) is 0 Å². The Morgan fingerprint density at radius 2 is 1.76 bits per heavy atom. The second-order valence-electron chi connectivity index (χ2n) is 3.96. The Balaban J connectivity index is 2.83. The van der Waals surface area contributed by atoms with Gasteiger partial charge in [-0.2, -0.15) is 0 Å². The molecule has 0 aliphatic carbocycles. The Morgan fingerprint density at radius 3 is 2.35 bits per heavy atom. The van der Waals surface area contributed by atoms with E-state index in [2.05, 4.69) is 25.3 Å². The summed E-state index contributed by atoms with van der Waals surface area (Å²) in [5.74, 6) is 0.939. The molecule has 0 unspecified atom stereocenters. The highest BCUT2D eigenvalue weighted by atomic mass is 16.3. The lowest BCUT2D eigenvalue weighted by atomic mass is 10.0. The first-order valence-electron chi connectivity index (χ1n) is 5.66. The lowest BCUT2D eigenvalue weighted by Crippen LogP contribution is -1.80. The fourth-order valence-electron chi connectivity index (χ4n) is 2.04. The van der Waals surface area contributed by atoms with Crippen molar-refractivity contribution in [2.24, 2.45) is 0 Å². The van der Waals surface area contributed by atoms with Crippen LogP contribution in [0.3, 0.4) is 0 Å². The first kappa shape index (κ1) is 11.5. The monoisotopic (exact) mass is 224 g/mol. The van der Waals surface area contributed by atoms with Crippen LogP contribution in [0.5, 0.6) is 0 Å². The lowest BCUT2D eigenvalue weighted by Gasteiger charge is -2.00. The molecular formula is C16H16O. The Morgan fingerprint density at radius 1 is 1.12 bits per heavy atom. The van der Waals surface area contributed by atoms with Gasteiger partial charge in [0.25, 0.3) is 0 Å². The Hall–Kier alpha value is -2.02. The highest BCUT2D eigenvalue weighted by molar-refractivity contribution is 5.92. The number of furan rings is 1. The molecule has 0 N–H and O–H groups in total. The van der Waals surface area contributed by atoms with Crippen LogP contribution in [0.25, 0.3) is 29.2 Å². The van der Waals surface area contributed by atoms with Crippen molar-refractivity contribution in [2.45, 2.75) is 13.8 Å². The number of allylic oxidation sites excluding steroid dienone is 1. The van der Waals surface area contributed by atoms with Gasteiger partial charge in [0.2, 0.25) is 0 Å². The van der Waals surface area contributed by atoms with Crippen LogP contribution in [-0.4, -0.2) is 0 Å². The maximum absolute atomic E-state index is 5.76. The summed E-state index contributed by atoms with van der Waals surface area (Å²) >= 11 is 0. The molecule has 1 aromatic heterocycles. The molecule has 2 aromatic rings. The number of hydrogen-bond acceptors (Lipinski definition) is 1. The summed E-state index contributed by atoms with van der Waals surface area (Å²) in [7, 11) is 0. The maximum Gasteiger partial charge on any atom is 0.135 e. The van der Waals surface area contributed by atoms with Crippen molar-refractivity contribution in [2.75, 3.05) is 0 Å². The molecule has 2 rings (SSSR count). The number of fused-ring (bicyclic) bond motifs is 1. The van der Waals surface area contributed by atoms with E-state index in [1.54, 1.807) is 0 Å². The van der Waals surface area contributed by atoms with Crippen LogP contribution in [0.4, 0.5) is 0 Å². The molecule has 0 aliphatic heterocycles. The molecule has 0 radical (unpaired) electrons. The quantitative estimate of drug-likeness (QED) is 0.710. The van der Waals surface area contributed by atoms with E-state index in [1.807, 2.05) is 38.1 Å². The van der Waals surface area contributed by atoms with Crippen LogP contribution < -0.4 is 0 Å². The molecule has 86 valence electrons. The summed E-state index contributed by atoms with van der Waals surface area (Å²) < 4.78 is 5.76. The van der Waals surface area contributed by atoms with Gasteiger partial charge in [-0.1, -0.05) is 37.5 Å². The molecule has 1 heterocycles. The van der Waals surface area contributed by atoms with Crippen molar-refractivity contribution < 1.29 is 4.42 Å². The SMILES string of the molecule is C=Cc1cc2oc(C)c(/C=C\C)c2cc1C=C. The zero-order chi connectivity index (χ0) is 12.4. The highest BCUT2D eigenvalue weighted by Crippen LogP contribution is 2.30. The molecule has 0 atom stereocenters. The Kier molecular flexibility index (Phi) is 3.01. The van der Waals surface area contributed by atoms with E-state index in [-0.39, 0.29) is 0 Å². The third-order valence-corrected chi connectivity index (χ3v) is 2.89. The third kappa shape index (κ3) is 1.84. The third-order valence-electron chi connectivity index (χ3n) is 2.89. The van der Waals surface area contributed by atoms with Gasteiger partial charge in [-0.05, 0) is 37.1 Å². The van der Waals surface area contributed by atoms with Crippen molar-refractivity contribution >= 4 is 29.2 Å². The summed E-state index contributed by atoms with van der Waals surface area (Å²) in [4.78, 5) is 0.